The Kier molecular flexibility index (Phi) is 7.92. The van der Waals surface area contributed by atoms with Gasteiger partial charge in [0.1, 0.15) is 0 Å². The molecule has 1 fully saturated rings. The average molecular weight is 449 g/mol. The van der Waals surface area contributed by atoms with Crippen molar-refractivity contribution in [3.63, 3.8) is 0 Å². The van der Waals surface area contributed by atoms with Crippen LogP contribution in [0.5, 0.6) is 0 Å². The minimum absolute atomic E-state index is 0.0357. The van der Waals surface area contributed by atoms with E-state index in [9.17, 15) is 13.2 Å². The van der Waals surface area contributed by atoms with E-state index in [2.05, 4.69) is 5.32 Å². The number of hydrogen-bond acceptors (Lipinski definition) is 3. The molecule has 1 saturated carbocycles. The summed E-state index contributed by atoms with van der Waals surface area (Å²) in [6, 6.07) is 13.9. The van der Waals surface area contributed by atoms with E-state index in [-0.39, 0.29) is 29.9 Å². The lowest BCUT2D eigenvalue weighted by atomic mass is 10.1. The van der Waals surface area contributed by atoms with Gasteiger partial charge in [-0.3, -0.25) is 4.79 Å². The van der Waals surface area contributed by atoms with Crippen molar-refractivity contribution >= 4 is 27.5 Å². The van der Waals surface area contributed by atoms with E-state index in [1.165, 1.54) is 17.1 Å². The highest BCUT2D eigenvalue weighted by Crippen LogP contribution is 2.23. The molecule has 3 rings (SSSR count). The standard InChI is InChI=1S/C23H29ClN2O3S/c1-18-12-14-21(15-13-18)30(28,29)26(16-19-8-6-7-11-22(19)24)17-23(27)25-20-9-4-2-3-5-10-20/h6-8,11-15,20H,2-5,9-10,16-17H2,1H3,(H,25,27). The van der Waals surface area contributed by atoms with Crippen LogP contribution in [0, 0.1) is 6.92 Å². The van der Waals surface area contributed by atoms with Gasteiger partial charge in [0.15, 0.2) is 0 Å². The quantitative estimate of drug-likeness (QED) is 0.625. The van der Waals surface area contributed by atoms with Crippen LogP contribution >= 0.6 is 11.6 Å². The van der Waals surface area contributed by atoms with Crippen LogP contribution in [-0.4, -0.2) is 31.2 Å². The predicted octanol–water partition coefficient (Wildman–Crippen LogP) is 4.68. The third-order valence-corrected chi connectivity index (χ3v) is 7.68. The Morgan fingerprint density at radius 3 is 2.30 bits per heavy atom. The fourth-order valence-corrected chi connectivity index (χ4v) is 5.33. The van der Waals surface area contributed by atoms with Gasteiger partial charge in [0.05, 0.1) is 11.4 Å². The van der Waals surface area contributed by atoms with Gasteiger partial charge in [0, 0.05) is 17.6 Å². The Morgan fingerprint density at radius 1 is 1.03 bits per heavy atom. The smallest absolute Gasteiger partial charge is 0.243 e. The average Bonchev–Trinajstić information content (AvgIpc) is 2.98. The van der Waals surface area contributed by atoms with Gasteiger partial charge in [0.2, 0.25) is 15.9 Å². The molecule has 0 heterocycles. The summed E-state index contributed by atoms with van der Waals surface area (Å²) in [7, 11) is -3.86. The summed E-state index contributed by atoms with van der Waals surface area (Å²) in [5.41, 5.74) is 1.63. The third-order valence-electron chi connectivity index (χ3n) is 5.50. The van der Waals surface area contributed by atoms with Crippen LogP contribution in [0.2, 0.25) is 5.02 Å². The molecule has 1 N–H and O–H groups in total. The van der Waals surface area contributed by atoms with E-state index in [0.717, 1.165) is 31.2 Å². The fourth-order valence-electron chi connectivity index (χ4n) is 3.76. The molecule has 2 aromatic carbocycles. The monoisotopic (exact) mass is 448 g/mol. The summed E-state index contributed by atoms with van der Waals surface area (Å²) < 4.78 is 27.9. The normalized spacial score (nSPS) is 15.7. The molecule has 1 amide bonds. The van der Waals surface area contributed by atoms with Gasteiger partial charge in [0.25, 0.3) is 0 Å². The van der Waals surface area contributed by atoms with E-state index in [4.69, 9.17) is 11.6 Å². The molecule has 5 nitrogen and oxygen atoms in total. The van der Waals surface area contributed by atoms with Crippen molar-refractivity contribution < 1.29 is 13.2 Å². The van der Waals surface area contributed by atoms with Crippen molar-refractivity contribution in [1.82, 2.24) is 9.62 Å². The van der Waals surface area contributed by atoms with Crippen molar-refractivity contribution in [2.75, 3.05) is 6.54 Å². The lowest BCUT2D eigenvalue weighted by molar-refractivity contribution is -0.122. The minimum Gasteiger partial charge on any atom is -0.352 e. The van der Waals surface area contributed by atoms with Crippen LogP contribution in [0.15, 0.2) is 53.4 Å². The van der Waals surface area contributed by atoms with Crippen LogP contribution in [0.25, 0.3) is 0 Å². The minimum atomic E-state index is -3.86. The maximum Gasteiger partial charge on any atom is 0.243 e. The first-order valence-electron chi connectivity index (χ1n) is 10.5. The molecule has 0 radical (unpaired) electrons. The molecule has 0 aliphatic heterocycles. The van der Waals surface area contributed by atoms with Gasteiger partial charge in [-0.05, 0) is 43.5 Å². The molecule has 0 aromatic heterocycles. The van der Waals surface area contributed by atoms with Crippen molar-refractivity contribution in [3.8, 4) is 0 Å². The van der Waals surface area contributed by atoms with Crippen LogP contribution in [0.3, 0.4) is 0 Å². The molecule has 162 valence electrons. The molecular weight excluding hydrogens is 420 g/mol. The molecule has 0 spiro atoms. The molecule has 2 aromatic rings. The molecular formula is C23H29ClN2O3S. The van der Waals surface area contributed by atoms with Gasteiger partial charge < -0.3 is 5.32 Å². The molecule has 0 bridgehead atoms. The van der Waals surface area contributed by atoms with Crippen LogP contribution < -0.4 is 5.32 Å². The highest BCUT2D eigenvalue weighted by Gasteiger charge is 2.28. The number of amides is 1. The predicted molar refractivity (Wildman–Crippen MR) is 120 cm³/mol. The summed E-state index contributed by atoms with van der Waals surface area (Å²) in [5.74, 6) is -0.273. The van der Waals surface area contributed by atoms with Crippen LogP contribution in [0.1, 0.15) is 49.7 Å². The van der Waals surface area contributed by atoms with Crippen LogP contribution in [0.4, 0.5) is 0 Å². The number of rotatable bonds is 7. The van der Waals surface area contributed by atoms with E-state index in [0.29, 0.717) is 10.6 Å². The number of sulfonamides is 1. The van der Waals surface area contributed by atoms with Crippen molar-refractivity contribution in [2.45, 2.75) is 62.9 Å². The second kappa shape index (κ2) is 10.4. The van der Waals surface area contributed by atoms with Crippen molar-refractivity contribution in [1.29, 1.82) is 0 Å². The first kappa shape index (κ1) is 22.8. The number of benzene rings is 2. The maximum absolute atomic E-state index is 13.3. The number of nitrogens with zero attached hydrogens (tertiary/aromatic N) is 1. The van der Waals surface area contributed by atoms with Crippen molar-refractivity contribution in [2.24, 2.45) is 0 Å². The van der Waals surface area contributed by atoms with Gasteiger partial charge in [-0.1, -0.05) is 73.2 Å². The summed E-state index contributed by atoms with van der Waals surface area (Å²) >= 11 is 6.27. The second-order valence-corrected chi connectivity index (χ2v) is 10.3. The third kappa shape index (κ3) is 6.06. The zero-order valence-corrected chi connectivity index (χ0v) is 18.9. The van der Waals surface area contributed by atoms with E-state index in [1.54, 1.807) is 42.5 Å². The molecule has 0 atom stereocenters. The fraction of sp³-hybridized carbons (Fsp3) is 0.435. The molecule has 1 aliphatic carbocycles. The van der Waals surface area contributed by atoms with Crippen molar-refractivity contribution in [3.05, 3.63) is 64.7 Å². The summed E-state index contributed by atoms with van der Waals surface area (Å²) in [6.45, 7) is 1.70. The first-order chi connectivity index (χ1) is 14.4. The zero-order valence-electron chi connectivity index (χ0n) is 17.3. The highest BCUT2D eigenvalue weighted by atomic mass is 35.5. The zero-order chi connectivity index (χ0) is 21.6. The number of hydrogen-bond donors (Lipinski definition) is 1. The van der Waals surface area contributed by atoms with Gasteiger partial charge in [-0.2, -0.15) is 4.31 Å². The Bertz CT molecular complexity index is 953. The maximum atomic E-state index is 13.3. The molecule has 0 saturated heterocycles. The lowest BCUT2D eigenvalue weighted by Gasteiger charge is -2.24. The number of halogens is 1. The Labute approximate surface area is 184 Å². The SMILES string of the molecule is Cc1ccc(S(=O)(=O)N(CC(=O)NC2CCCCCC2)Cc2ccccc2Cl)cc1. The number of nitrogens with one attached hydrogen (secondary N) is 1. The Balaban J connectivity index is 1.82. The number of aryl methyl sites for hydroxylation is 1. The van der Waals surface area contributed by atoms with Gasteiger partial charge in [-0.25, -0.2) is 8.42 Å². The summed E-state index contributed by atoms with van der Waals surface area (Å²) in [5, 5.41) is 3.52. The summed E-state index contributed by atoms with van der Waals surface area (Å²) in [4.78, 5) is 13.0. The van der Waals surface area contributed by atoms with Crippen LogP contribution in [-0.2, 0) is 21.4 Å². The Morgan fingerprint density at radius 2 is 1.67 bits per heavy atom. The Hall–Kier alpha value is -1.89. The topological polar surface area (TPSA) is 66.5 Å². The molecule has 30 heavy (non-hydrogen) atoms. The lowest BCUT2D eigenvalue weighted by Crippen LogP contribution is -2.43. The largest absolute Gasteiger partial charge is 0.352 e. The van der Waals surface area contributed by atoms with E-state index < -0.39 is 10.0 Å². The van der Waals surface area contributed by atoms with Gasteiger partial charge >= 0.3 is 0 Å². The van der Waals surface area contributed by atoms with E-state index >= 15 is 0 Å². The summed E-state index contributed by atoms with van der Waals surface area (Å²) in [6.07, 6.45) is 6.45. The second-order valence-electron chi connectivity index (χ2n) is 7.93. The number of carbonyl (C=O) groups excluding carboxylic acids is 1. The first-order valence-corrected chi connectivity index (χ1v) is 12.3. The van der Waals surface area contributed by atoms with E-state index in [1.807, 2.05) is 13.0 Å². The molecule has 0 unspecified atom stereocenters. The highest BCUT2D eigenvalue weighted by molar-refractivity contribution is 7.89. The molecule has 1 aliphatic rings. The van der Waals surface area contributed by atoms with Gasteiger partial charge in [-0.15, -0.1) is 0 Å². The number of carbonyl (C=O) groups is 1. The molecule has 7 heteroatoms.